The van der Waals surface area contributed by atoms with E-state index in [9.17, 15) is 9.59 Å². The van der Waals surface area contributed by atoms with Gasteiger partial charge in [-0.2, -0.15) is 0 Å². The number of aromatic nitrogens is 2. The van der Waals surface area contributed by atoms with Crippen LogP contribution in [0.5, 0.6) is 0 Å². The van der Waals surface area contributed by atoms with Crippen molar-refractivity contribution in [2.75, 3.05) is 5.32 Å². The Labute approximate surface area is 198 Å². The molecule has 0 aliphatic heterocycles. The second-order valence-electron chi connectivity index (χ2n) is 8.60. The summed E-state index contributed by atoms with van der Waals surface area (Å²) < 4.78 is 1.44. The van der Waals surface area contributed by atoms with Crippen molar-refractivity contribution in [1.29, 1.82) is 0 Å². The maximum Gasteiger partial charge on any atom is 0.263 e. The second-order valence-corrected chi connectivity index (χ2v) is 9.80. The third-order valence-electron chi connectivity index (χ3n) is 6.39. The largest absolute Gasteiger partial charge is 0.324 e. The molecule has 1 amide bonds. The van der Waals surface area contributed by atoms with Crippen LogP contribution in [0.4, 0.5) is 5.69 Å². The Morgan fingerprint density at radius 2 is 1.85 bits per heavy atom. The van der Waals surface area contributed by atoms with Gasteiger partial charge < -0.3 is 5.32 Å². The Bertz CT molecular complexity index is 1430. The number of hydrogen-bond acceptors (Lipinski definition) is 4. The number of nitrogens with zero attached hydrogens (tertiary/aromatic N) is 2. The number of benzene rings is 2. The van der Waals surface area contributed by atoms with Gasteiger partial charge in [0.15, 0.2) is 0 Å². The van der Waals surface area contributed by atoms with E-state index < -0.39 is 6.04 Å². The van der Waals surface area contributed by atoms with E-state index in [-0.39, 0.29) is 11.5 Å². The van der Waals surface area contributed by atoms with Crippen LogP contribution in [0.15, 0.2) is 47.5 Å². The number of amides is 1. The molecule has 0 saturated heterocycles. The van der Waals surface area contributed by atoms with Gasteiger partial charge in [0, 0.05) is 16.1 Å². The van der Waals surface area contributed by atoms with E-state index in [0.29, 0.717) is 10.2 Å². The molecule has 0 bridgehead atoms. The number of rotatable bonds is 5. The molecule has 4 rings (SSSR count). The zero-order valence-electron chi connectivity index (χ0n) is 19.9. The van der Waals surface area contributed by atoms with Crippen molar-refractivity contribution < 1.29 is 4.79 Å². The first-order valence-corrected chi connectivity index (χ1v) is 12.0. The van der Waals surface area contributed by atoms with Crippen molar-refractivity contribution in [2.45, 2.75) is 54.0 Å². The fourth-order valence-electron chi connectivity index (χ4n) is 4.19. The predicted molar refractivity (Wildman–Crippen MR) is 137 cm³/mol. The van der Waals surface area contributed by atoms with Crippen molar-refractivity contribution in [2.24, 2.45) is 0 Å². The first kappa shape index (κ1) is 22.9. The van der Waals surface area contributed by atoms with Crippen molar-refractivity contribution in [1.82, 2.24) is 9.55 Å². The number of hydrogen-bond donors (Lipinski definition) is 1. The minimum Gasteiger partial charge on any atom is -0.324 e. The van der Waals surface area contributed by atoms with Crippen LogP contribution in [0.3, 0.4) is 0 Å². The number of anilines is 1. The highest BCUT2D eigenvalue weighted by molar-refractivity contribution is 7.19. The highest BCUT2D eigenvalue weighted by Gasteiger charge is 2.23. The maximum absolute atomic E-state index is 13.6. The summed E-state index contributed by atoms with van der Waals surface area (Å²) in [6.45, 7) is 11.9. The summed E-state index contributed by atoms with van der Waals surface area (Å²) in [7, 11) is 0. The van der Waals surface area contributed by atoms with Gasteiger partial charge in [-0.1, -0.05) is 43.3 Å². The summed E-state index contributed by atoms with van der Waals surface area (Å²) in [6, 6.07) is 11.5. The van der Waals surface area contributed by atoms with Crippen LogP contribution >= 0.6 is 11.3 Å². The van der Waals surface area contributed by atoms with Gasteiger partial charge >= 0.3 is 0 Å². The molecule has 1 atom stereocenters. The molecule has 0 fully saturated rings. The predicted octanol–water partition coefficient (Wildman–Crippen LogP) is 6.12. The van der Waals surface area contributed by atoms with E-state index >= 15 is 0 Å². The topological polar surface area (TPSA) is 64.0 Å². The standard InChI is InChI=1S/C27H29N3O2S/c1-7-20-10-8-9-16(3)24(20)29-25(31)18(5)30-14-28-26-23(27(30)32)22(19(6)33-26)21-12-11-15(2)17(4)13-21/h8-14,18H,7H2,1-6H3,(H,29,31)/t18-/m1/s1. The van der Waals surface area contributed by atoms with E-state index in [1.54, 1.807) is 6.92 Å². The Balaban J connectivity index is 1.78. The van der Waals surface area contributed by atoms with Gasteiger partial charge in [0.1, 0.15) is 10.9 Å². The van der Waals surface area contributed by atoms with E-state index in [1.165, 1.54) is 33.4 Å². The lowest BCUT2D eigenvalue weighted by molar-refractivity contribution is -0.118. The van der Waals surface area contributed by atoms with Gasteiger partial charge in [0.2, 0.25) is 5.91 Å². The van der Waals surface area contributed by atoms with Gasteiger partial charge in [-0.3, -0.25) is 14.2 Å². The quantitative estimate of drug-likeness (QED) is 0.391. The zero-order valence-corrected chi connectivity index (χ0v) is 20.8. The fraction of sp³-hybridized carbons (Fsp3) is 0.296. The summed E-state index contributed by atoms with van der Waals surface area (Å²) in [5, 5.41) is 3.62. The number of carbonyl (C=O) groups is 1. The highest BCUT2D eigenvalue weighted by atomic mass is 32.1. The molecule has 1 N–H and O–H groups in total. The molecular formula is C27H29N3O2S. The van der Waals surface area contributed by atoms with E-state index in [0.717, 1.165) is 39.2 Å². The average Bonchev–Trinajstić information content (AvgIpc) is 3.13. The van der Waals surface area contributed by atoms with E-state index in [2.05, 4.69) is 43.2 Å². The normalized spacial score (nSPS) is 12.2. The fourth-order valence-corrected chi connectivity index (χ4v) is 5.20. The number of nitrogens with one attached hydrogen (secondary N) is 1. The monoisotopic (exact) mass is 459 g/mol. The van der Waals surface area contributed by atoms with Crippen LogP contribution < -0.4 is 10.9 Å². The third kappa shape index (κ3) is 4.11. The number of aryl methyl sites for hydroxylation is 5. The molecule has 0 spiro atoms. The van der Waals surface area contributed by atoms with Crippen LogP contribution in [-0.2, 0) is 11.2 Å². The average molecular weight is 460 g/mol. The summed E-state index contributed by atoms with van der Waals surface area (Å²) in [5.41, 5.74) is 6.99. The van der Waals surface area contributed by atoms with Crippen LogP contribution in [-0.4, -0.2) is 15.5 Å². The molecule has 2 aromatic heterocycles. The van der Waals surface area contributed by atoms with Crippen LogP contribution in [0.25, 0.3) is 21.3 Å². The lowest BCUT2D eigenvalue weighted by atomic mass is 9.99. The molecule has 2 aromatic carbocycles. The van der Waals surface area contributed by atoms with Crippen molar-refractivity contribution in [3.63, 3.8) is 0 Å². The van der Waals surface area contributed by atoms with E-state index in [1.807, 2.05) is 38.1 Å². The van der Waals surface area contributed by atoms with Crippen LogP contribution in [0.2, 0.25) is 0 Å². The lowest BCUT2D eigenvalue weighted by Crippen LogP contribution is -2.32. The van der Waals surface area contributed by atoms with Gasteiger partial charge in [0.25, 0.3) is 5.56 Å². The number of carbonyl (C=O) groups excluding carboxylic acids is 1. The lowest BCUT2D eigenvalue weighted by Gasteiger charge is -2.18. The molecule has 0 unspecified atom stereocenters. The number of fused-ring (bicyclic) bond motifs is 1. The van der Waals surface area contributed by atoms with Crippen LogP contribution in [0, 0.1) is 27.7 Å². The Kier molecular flexibility index (Phi) is 6.21. The Morgan fingerprint density at radius 3 is 2.55 bits per heavy atom. The molecule has 4 aromatic rings. The summed E-state index contributed by atoms with van der Waals surface area (Å²) in [6.07, 6.45) is 2.31. The van der Waals surface area contributed by atoms with Gasteiger partial charge in [-0.15, -0.1) is 11.3 Å². The minimum absolute atomic E-state index is 0.194. The number of para-hydroxylation sites is 1. The molecule has 0 aliphatic rings. The van der Waals surface area contributed by atoms with E-state index in [4.69, 9.17) is 0 Å². The molecule has 170 valence electrons. The maximum atomic E-state index is 13.6. The van der Waals surface area contributed by atoms with Crippen LogP contribution in [0.1, 0.15) is 47.0 Å². The van der Waals surface area contributed by atoms with Crippen molar-refractivity contribution in [3.05, 3.63) is 80.2 Å². The smallest absolute Gasteiger partial charge is 0.263 e. The first-order chi connectivity index (χ1) is 15.7. The molecule has 0 radical (unpaired) electrons. The molecule has 2 heterocycles. The molecule has 33 heavy (non-hydrogen) atoms. The molecule has 0 saturated carbocycles. The van der Waals surface area contributed by atoms with Gasteiger partial charge in [-0.05, 0) is 68.9 Å². The van der Waals surface area contributed by atoms with Crippen molar-refractivity contribution >= 4 is 33.1 Å². The summed E-state index contributed by atoms with van der Waals surface area (Å²) in [4.78, 5) is 33.1. The molecular weight excluding hydrogens is 430 g/mol. The Morgan fingerprint density at radius 1 is 1.09 bits per heavy atom. The SMILES string of the molecule is CCc1cccc(C)c1NC(=O)[C@@H](C)n1cnc2sc(C)c(-c3ccc(C)c(C)c3)c2c1=O. The number of thiophene rings is 1. The van der Waals surface area contributed by atoms with Crippen molar-refractivity contribution in [3.8, 4) is 11.1 Å². The van der Waals surface area contributed by atoms with Gasteiger partial charge in [-0.25, -0.2) is 4.98 Å². The second kappa shape index (κ2) is 8.94. The Hall–Kier alpha value is -3.25. The summed E-state index contributed by atoms with van der Waals surface area (Å²) in [5.74, 6) is -0.234. The zero-order chi connectivity index (χ0) is 23.9. The van der Waals surface area contributed by atoms with Gasteiger partial charge in [0.05, 0.1) is 11.7 Å². The summed E-state index contributed by atoms with van der Waals surface area (Å²) >= 11 is 1.51. The minimum atomic E-state index is -0.702. The molecule has 0 aliphatic carbocycles. The first-order valence-electron chi connectivity index (χ1n) is 11.2. The highest BCUT2D eigenvalue weighted by Crippen LogP contribution is 2.36. The molecule has 5 nitrogen and oxygen atoms in total. The third-order valence-corrected chi connectivity index (χ3v) is 7.41. The molecule has 6 heteroatoms.